The maximum Gasteiger partial charge on any atom is 0.334 e. The minimum absolute atomic E-state index is 0.383. The Labute approximate surface area is 71.0 Å². The molecule has 0 aliphatic heterocycles. The Morgan fingerprint density at radius 3 is 2.67 bits per heavy atom. The third-order valence-corrected chi connectivity index (χ3v) is 0.994. The Kier molecular flexibility index (Phi) is 5.26. The largest absolute Gasteiger partial charge is 0.432 e. The molecular weight excluding hydrogens is 156 g/mol. The van der Waals surface area contributed by atoms with Gasteiger partial charge in [0, 0.05) is 6.08 Å². The van der Waals surface area contributed by atoms with E-state index in [-0.39, 0.29) is 0 Å². The number of rotatable bonds is 5. The maximum absolute atomic E-state index is 10.4. The van der Waals surface area contributed by atoms with Crippen LogP contribution >= 0.6 is 0 Å². The molecule has 0 rings (SSSR count). The monoisotopic (exact) mass is 166 g/mol. The van der Waals surface area contributed by atoms with Crippen LogP contribution in [-0.4, -0.2) is 12.3 Å². The van der Waals surface area contributed by atoms with Gasteiger partial charge in [-0.2, -0.15) is 0 Å². The zero-order chi connectivity index (χ0) is 9.40. The molecule has 0 aromatic carbocycles. The van der Waals surface area contributed by atoms with Crippen LogP contribution in [0.25, 0.3) is 0 Å². The van der Waals surface area contributed by atoms with Crippen molar-refractivity contribution in [3.8, 4) is 0 Å². The number of esters is 1. The van der Waals surface area contributed by atoms with Crippen molar-refractivity contribution in [2.75, 3.05) is 0 Å². The first-order chi connectivity index (χ1) is 5.70. The molecule has 0 aromatic heterocycles. The van der Waals surface area contributed by atoms with Gasteiger partial charge in [-0.3, -0.25) is 4.79 Å². The van der Waals surface area contributed by atoms with Crippen LogP contribution in [0.5, 0.6) is 0 Å². The molecule has 0 aromatic rings. The summed E-state index contributed by atoms with van der Waals surface area (Å²) in [5.41, 5.74) is 0.431. The molecule has 0 heterocycles. The molecular formula is C9H10O3. The Morgan fingerprint density at radius 2 is 2.17 bits per heavy atom. The Morgan fingerprint density at radius 1 is 1.50 bits per heavy atom. The van der Waals surface area contributed by atoms with Crippen molar-refractivity contribution in [3.63, 3.8) is 0 Å². The van der Waals surface area contributed by atoms with Crippen molar-refractivity contribution in [1.82, 2.24) is 0 Å². The molecule has 0 bridgehead atoms. The highest BCUT2D eigenvalue weighted by atomic mass is 16.5. The fraction of sp³-hybridized carbons (Fsp3) is 0.111. The standard InChI is InChI=1S/C9H10O3/c1-3-9(11)12-6-4-5-8(2)7-10/h3-4,6-7H,1-2,5H2. The van der Waals surface area contributed by atoms with Gasteiger partial charge in [-0.15, -0.1) is 0 Å². The molecule has 3 nitrogen and oxygen atoms in total. The molecule has 0 saturated heterocycles. The van der Waals surface area contributed by atoms with Crippen molar-refractivity contribution < 1.29 is 14.3 Å². The maximum atomic E-state index is 10.4. The van der Waals surface area contributed by atoms with Crippen LogP contribution in [0.2, 0.25) is 0 Å². The number of carbonyl (C=O) groups is 2. The van der Waals surface area contributed by atoms with Gasteiger partial charge in [0.05, 0.1) is 6.26 Å². The van der Waals surface area contributed by atoms with Gasteiger partial charge < -0.3 is 4.74 Å². The van der Waals surface area contributed by atoms with Crippen LogP contribution in [0.15, 0.2) is 37.1 Å². The molecule has 0 radical (unpaired) electrons. The molecule has 3 heteroatoms. The summed E-state index contributed by atoms with van der Waals surface area (Å²) in [7, 11) is 0. The summed E-state index contributed by atoms with van der Waals surface area (Å²) in [6.07, 6.45) is 4.82. The normalized spacial score (nSPS) is 9.33. The zero-order valence-corrected chi connectivity index (χ0v) is 6.66. The lowest BCUT2D eigenvalue weighted by molar-refractivity contribution is -0.132. The van der Waals surface area contributed by atoms with Crippen LogP contribution in [0, 0.1) is 0 Å². The number of hydrogen-bond donors (Lipinski definition) is 0. The highest BCUT2D eigenvalue weighted by Crippen LogP contribution is 1.94. The van der Waals surface area contributed by atoms with Crippen molar-refractivity contribution in [1.29, 1.82) is 0 Å². The molecule has 0 aliphatic rings. The molecule has 0 N–H and O–H groups in total. The Hall–Kier alpha value is -1.64. The van der Waals surface area contributed by atoms with E-state index >= 15 is 0 Å². The van der Waals surface area contributed by atoms with E-state index in [9.17, 15) is 9.59 Å². The topological polar surface area (TPSA) is 43.4 Å². The summed E-state index contributed by atoms with van der Waals surface area (Å²) in [5, 5.41) is 0. The van der Waals surface area contributed by atoms with Gasteiger partial charge in [0.15, 0.2) is 0 Å². The number of hydrogen-bond acceptors (Lipinski definition) is 3. The van der Waals surface area contributed by atoms with Crippen LogP contribution in [0.1, 0.15) is 6.42 Å². The fourth-order valence-corrected chi connectivity index (χ4v) is 0.411. The summed E-state index contributed by atoms with van der Waals surface area (Å²) in [6.45, 7) is 6.64. The minimum atomic E-state index is -0.525. The van der Waals surface area contributed by atoms with Crippen LogP contribution in [0.3, 0.4) is 0 Å². The van der Waals surface area contributed by atoms with E-state index in [1.807, 2.05) is 0 Å². The van der Waals surface area contributed by atoms with Gasteiger partial charge in [0.25, 0.3) is 0 Å². The molecule has 12 heavy (non-hydrogen) atoms. The van der Waals surface area contributed by atoms with Crippen molar-refractivity contribution in [3.05, 3.63) is 37.1 Å². The number of allylic oxidation sites excluding steroid dienone is 2. The average Bonchev–Trinajstić information content (AvgIpc) is 2.11. The fourth-order valence-electron chi connectivity index (χ4n) is 0.411. The molecule has 0 atom stereocenters. The van der Waals surface area contributed by atoms with Gasteiger partial charge in [0.2, 0.25) is 0 Å². The lowest BCUT2D eigenvalue weighted by Crippen LogP contribution is -1.91. The summed E-state index contributed by atoms with van der Waals surface area (Å²) < 4.78 is 4.49. The molecule has 0 fully saturated rings. The van der Waals surface area contributed by atoms with E-state index in [1.165, 1.54) is 12.3 Å². The first-order valence-corrected chi connectivity index (χ1v) is 3.31. The van der Waals surface area contributed by atoms with Gasteiger partial charge in [-0.25, -0.2) is 4.79 Å². The number of carbonyl (C=O) groups excluding carboxylic acids is 2. The third-order valence-electron chi connectivity index (χ3n) is 0.994. The first-order valence-electron chi connectivity index (χ1n) is 3.31. The van der Waals surface area contributed by atoms with E-state index in [2.05, 4.69) is 17.9 Å². The van der Waals surface area contributed by atoms with E-state index in [1.54, 1.807) is 0 Å². The predicted molar refractivity (Wildman–Crippen MR) is 45.3 cm³/mol. The first kappa shape index (κ1) is 10.4. The second-order valence-corrected chi connectivity index (χ2v) is 1.99. The van der Waals surface area contributed by atoms with Gasteiger partial charge in [-0.1, -0.05) is 13.2 Å². The summed E-state index contributed by atoms with van der Waals surface area (Å²) in [6, 6.07) is 0. The SMILES string of the molecule is C=CC(=O)OC=CCC(=C)C=O. The molecule has 0 amide bonds. The highest BCUT2D eigenvalue weighted by Gasteiger charge is 1.89. The summed E-state index contributed by atoms with van der Waals surface area (Å²) in [5.74, 6) is -0.525. The Bertz CT molecular complexity index is 202. The highest BCUT2D eigenvalue weighted by molar-refractivity contribution is 5.81. The Balaban J connectivity index is 3.63. The number of ether oxygens (including phenoxy) is 1. The van der Waals surface area contributed by atoms with Crippen molar-refractivity contribution in [2.24, 2.45) is 0 Å². The lowest BCUT2D eigenvalue weighted by Gasteiger charge is -1.91. The third kappa shape index (κ3) is 5.17. The van der Waals surface area contributed by atoms with E-state index in [0.717, 1.165) is 6.08 Å². The molecule has 0 saturated carbocycles. The average molecular weight is 166 g/mol. The van der Waals surface area contributed by atoms with Crippen LogP contribution < -0.4 is 0 Å². The van der Waals surface area contributed by atoms with E-state index in [0.29, 0.717) is 18.3 Å². The van der Waals surface area contributed by atoms with Crippen LogP contribution in [-0.2, 0) is 14.3 Å². The zero-order valence-electron chi connectivity index (χ0n) is 6.66. The van der Waals surface area contributed by atoms with Crippen LogP contribution in [0.4, 0.5) is 0 Å². The van der Waals surface area contributed by atoms with E-state index < -0.39 is 5.97 Å². The quantitative estimate of drug-likeness (QED) is 0.268. The van der Waals surface area contributed by atoms with E-state index in [4.69, 9.17) is 0 Å². The smallest absolute Gasteiger partial charge is 0.334 e. The summed E-state index contributed by atoms with van der Waals surface area (Å²) >= 11 is 0. The van der Waals surface area contributed by atoms with Crippen molar-refractivity contribution >= 4 is 12.3 Å². The molecule has 0 spiro atoms. The molecule has 0 unspecified atom stereocenters. The molecule has 64 valence electrons. The second kappa shape index (κ2) is 6.09. The lowest BCUT2D eigenvalue weighted by atomic mass is 10.2. The molecule has 0 aliphatic carbocycles. The minimum Gasteiger partial charge on any atom is -0.432 e. The number of aldehydes is 1. The van der Waals surface area contributed by atoms with Gasteiger partial charge >= 0.3 is 5.97 Å². The van der Waals surface area contributed by atoms with Crippen molar-refractivity contribution in [2.45, 2.75) is 6.42 Å². The second-order valence-electron chi connectivity index (χ2n) is 1.99. The summed E-state index contributed by atoms with van der Waals surface area (Å²) in [4.78, 5) is 20.5. The predicted octanol–water partition coefficient (Wildman–Crippen LogP) is 1.37. The van der Waals surface area contributed by atoms with Gasteiger partial charge in [0.1, 0.15) is 6.29 Å². The van der Waals surface area contributed by atoms with Gasteiger partial charge in [-0.05, 0) is 18.1 Å².